The van der Waals surface area contributed by atoms with Gasteiger partial charge in [0, 0.05) is 25.2 Å². The van der Waals surface area contributed by atoms with Gasteiger partial charge in [-0.3, -0.25) is 9.79 Å². The minimum atomic E-state index is -0.110. The van der Waals surface area contributed by atoms with Gasteiger partial charge in [0.25, 0.3) is 5.91 Å². The van der Waals surface area contributed by atoms with Crippen molar-refractivity contribution in [2.24, 2.45) is 4.99 Å². The Balaban J connectivity index is 2.39. The topological polar surface area (TPSA) is 74.8 Å². The molecule has 0 aliphatic carbocycles. The highest BCUT2D eigenvalue weighted by Gasteiger charge is 2.04. The van der Waals surface area contributed by atoms with E-state index in [-0.39, 0.29) is 5.91 Å². The van der Waals surface area contributed by atoms with Crippen LogP contribution in [-0.4, -0.2) is 45.2 Å². The van der Waals surface area contributed by atoms with Gasteiger partial charge in [-0.1, -0.05) is 0 Å². The fourth-order valence-electron chi connectivity index (χ4n) is 1.69. The third kappa shape index (κ3) is 6.16. The van der Waals surface area contributed by atoms with Crippen molar-refractivity contribution in [3.8, 4) is 5.75 Å². The van der Waals surface area contributed by atoms with Crippen molar-refractivity contribution in [3.63, 3.8) is 0 Å². The van der Waals surface area contributed by atoms with E-state index in [2.05, 4.69) is 20.9 Å². The highest BCUT2D eigenvalue weighted by atomic mass is 16.5. The Bertz CT molecular complexity index is 449. The van der Waals surface area contributed by atoms with E-state index < -0.39 is 0 Å². The third-order valence-electron chi connectivity index (χ3n) is 2.71. The maximum atomic E-state index is 11.9. The second kappa shape index (κ2) is 9.63. The smallest absolute Gasteiger partial charge is 0.251 e. The fraction of sp³-hybridized carbons (Fsp3) is 0.467. The molecule has 3 N–H and O–H groups in total. The second-order valence-electron chi connectivity index (χ2n) is 4.28. The Morgan fingerprint density at radius 3 is 2.24 bits per heavy atom. The van der Waals surface area contributed by atoms with Crippen LogP contribution in [0.1, 0.15) is 24.2 Å². The molecule has 0 aromatic heterocycles. The first-order valence-electron chi connectivity index (χ1n) is 7.15. The highest BCUT2D eigenvalue weighted by molar-refractivity contribution is 5.94. The Morgan fingerprint density at radius 2 is 1.71 bits per heavy atom. The van der Waals surface area contributed by atoms with E-state index in [0.717, 1.165) is 24.8 Å². The molecule has 0 radical (unpaired) electrons. The van der Waals surface area contributed by atoms with Crippen LogP contribution < -0.4 is 20.7 Å². The lowest BCUT2D eigenvalue weighted by Gasteiger charge is -2.09. The number of nitrogens with zero attached hydrogens (tertiary/aromatic N) is 1. The first-order valence-corrected chi connectivity index (χ1v) is 7.15. The van der Waals surface area contributed by atoms with E-state index in [4.69, 9.17) is 4.74 Å². The van der Waals surface area contributed by atoms with E-state index >= 15 is 0 Å². The van der Waals surface area contributed by atoms with Gasteiger partial charge in [0.2, 0.25) is 0 Å². The Morgan fingerprint density at radius 1 is 1.10 bits per heavy atom. The van der Waals surface area contributed by atoms with Crippen LogP contribution in [0.15, 0.2) is 29.3 Å². The van der Waals surface area contributed by atoms with Crippen molar-refractivity contribution in [1.29, 1.82) is 0 Å². The van der Waals surface area contributed by atoms with Gasteiger partial charge >= 0.3 is 0 Å². The van der Waals surface area contributed by atoms with Crippen LogP contribution in [0.5, 0.6) is 5.75 Å². The number of ether oxygens (including phenoxy) is 1. The summed E-state index contributed by atoms with van der Waals surface area (Å²) in [7, 11) is 1.60. The van der Waals surface area contributed by atoms with Crippen molar-refractivity contribution >= 4 is 11.9 Å². The zero-order valence-electron chi connectivity index (χ0n) is 12.9. The number of carbonyl (C=O) groups is 1. The molecular weight excluding hydrogens is 268 g/mol. The molecule has 0 saturated heterocycles. The van der Waals surface area contributed by atoms with Crippen LogP contribution in [0.4, 0.5) is 0 Å². The zero-order chi connectivity index (χ0) is 15.5. The molecular formula is C15H24N4O2. The number of nitrogens with one attached hydrogen (secondary N) is 3. The van der Waals surface area contributed by atoms with Crippen LogP contribution in [-0.2, 0) is 0 Å². The average Bonchev–Trinajstić information content (AvgIpc) is 2.51. The summed E-state index contributed by atoms with van der Waals surface area (Å²) in [5.41, 5.74) is 0.610. The predicted octanol–water partition coefficient (Wildman–Crippen LogP) is 1.00. The normalized spacial score (nSPS) is 9.67. The number of benzene rings is 1. The van der Waals surface area contributed by atoms with E-state index in [1.54, 1.807) is 31.4 Å². The van der Waals surface area contributed by atoms with Gasteiger partial charge in [0.1, 0.15) is 5.75 Å². The number of carbonyl (C=O) groups excluding carboxylic acids is 1. The lowest BCUT2D eigenvalue weighted by atomic mass is 10.2. The molecule has 1 rings (SSSR count). The summed E-state index contributed by atoms with van der Waals surface area (Å²) in [5, 5.41) is 9.09. The average molecular weight is 292 g/mol. The molecule has 0 bridgehead atoms. The number of rotatable bonds is 7. The van der Waals surface area contributed by atoms with E-state index in [9.17, 15) is 4.79 Å². The van der Waals surface area contributed by atoms with Crippen molar-refractivity contribution < 1.29 is 9.53 Å². The summed E-state index contributed by atoms with van der Waals surface area (Å²) in [6.45, 7) is 6.66. The molecule has 0 saturated carbocycles. The van der Waals surface area contributed by atoms with Gasteiger partial charge < -0.3 is 20.7 Å². The van der Waals surface area contributed by atoms with Crippen molar-refractivity contribution in [3.05, 3.63) is 29.8 Å². The van der Waals surface area contributed by atoms with Crippen LogP contribution >= 0.6 is 0 Å². The molecule has 1 aromatic rings. The lowest BCUT2D eigenvalue weighted by Crippen LogP contribution is -2.37. The molecule has 0 heterocycles. The minimum absolute atomic E-state index is 0.110. The molecule has 6 heteroatoms. The largest absolute Gasteiger partial charge is 0.497 e. The highest BCUT2D eigenvalue weighted by Crippen LogP contribution is 2.10. The number of methoxy groups -OCH3 is 1. The molecule has 0 atom stereocenters. The number of guanidine groups is 1. The van der Waals surface area contributed by atoms with Crippen LogP contribution in [0, 0.1) is 0 Å². The Labute approximate surface area is 126 Å². The quantitative estimate of drug-likeness (QED) is 0.398. The SMILES string of the molecule is CCNC(=NCCNC(=O)c1ccc(OC)cc1)NCC. The summed E-state index contributed by atoms with van der Waals surface area (Å²) in [6.07, 6.45) is 0. The first-order chi connectivity index (χ1) is 10.2. The molecule has 0 spiro atoms. The molecule has 1 amide bonds. The summed E-state index contributed by atoms with van der Waals surface area (Å²) in [4.78, 5) is 16.3. The van der Waals surface area contributed by atoms with Crippen LogP contribution in [0.3, 0.4) is 0 Å². The number of hydrogen-bond acceptors (Lipinski definition) is 3. The number of amides is 1. The van der Waals surface area contributed by atoms with Crippen molar-refractivity contribution in [2.75, 3.05) is 33.3 Å². The van der Waals surface area contributed by atoms with Crippen molar-refractivity contribution in [2.45, 2.75) is 13.8 Å². The molecule has 21 heavy (non-hydrogen) atoms. The second-order valence-corrected chi connectivity index (χ2v) is 4.28. The molecule has 6 nitrogen and oxygen atoms in total. The van der Waals surface area contributed by atoms with Gasteiger partial charge in [0.15, 0.2) is 5.96 Å². The van der Waals surface area contributed by atoms with E-state index in [0.29, 0.717) is 18.7 Å². The molecule has 116 valence electrons. The minimum Gasteiger partial charge on any atom is -0.497 e. The lowest BCUT2D eigenvalue weighted by molar-refractivity contribution is 0.0955. The summed E-state index contributed by atoms with van der Waals surface area (Å²) >= 11 is 0. The zero-order valence-corrected chi connectivity index (χ0v) is 12.9. The third-order valence-corrected chi connectivity index (χ3v) is 2.71. The van der Waals surface area contributed by atoms with Gasteiger partial charge in [-0.15, -0.1) is 0 Å². The standard InChI is InChI=1S/C15H24N4O2/c1-4-16-15(17-5-2)19-11-10-18-14(20)12-6-8-13(21-3)9-7-12/h6-9H,4-5,10-11H2,1-3H3,(H,18,20)(H2,16,17,19). The molecule has 0 fully saturated rings. The van der Waals surface area contributed by atoms with Gasteiger partial charge in [0.05, 0.1) is 13.7 Å². The maximum Gasteiger partial charge on any atom is 0.251 e. The molecule has 0 unspecified atom stereocenters. The number of aliphatic imine (C=N–C) groups is 1. The van der Waals surface area contributed by atoms with Gasteiger partial charge in [-0.25, -0.2) is 0 Å². The predicted molar refractivity (Wildman–Crippen MR) is 85.0 cm³/mol. The van der Waals surface area contributed by atoms with E-state index in [1.165, 1.54) is 0 Å². The monoisotopic (exact) mass is 292 g/mol. The van der Waals surface area contributed by atoms with Crippen molar-refractivity contribution in [1.82, 2.24) is 16.0 Å². The fourth-order valence-corrected chi connectivity index (χ4v) is 1.69. The summed E-state index contributed by atoms with van der Waals surface area (Å²) in [6, 6.07) is 7.00. The summed E-state index contributed by atoms with van der Waals surface area (Å²) in [5.74, 6) is 1.39. The van der Waals surface area contributed by atoms with Gasteiger partial charge in [-0.2, -0.15) is 0 Å². The van der Waals surface area contributed by atoms with E-state index in [1.807, 2.05) is 13.8 Å². The first kappa shape index (κ1) is 16.8. The molecule has 0 aliphatic rings. The molecule has 1 aromatic carbocycles. The van der Waals surface area contributed by atoms with Gasteiger partial charge in [-0.05, 0) is 38.1 Å². The number of hydrogen-bond donors (Lipinski definition) is 3. The molecule has 0 aliphatic heterocycles. The Kier molecular flexibility index (Phi) is 7.71. The summed E-state index contributed by atoms with van der Waals surface area (Å²) < 4.78 is 5.06. The van der Waals surface area contributed by atoms with Crippen LogP contribution in [0.25, 0.3) is 0 Å². The Hall–Kier alpha value is -2.24. The maximum absolute atomic E-state index is 11.9. The van der Waals surface area contributed by atoms with Crippen LogP contribution in [0.2, 0.25) is 0 Å².